The van der Waals surface area contributed by atoms with E-state index in [0.717, 1.165) is 69.7 Å². The van der Waals surface area contributed by atoms with E-state index in [9.17, 15) is 19.5 Å². The highest BCUT2D eigenvalue weighted by molar-refractivity contribution is 6.05. The second kappa shape index (κ2) is 8.83. The molecule has 5 rings (SSSR count). The van der Waals surface area contributed by atoms with E-state index in [4.69, 9.17) is 0 Å². The number of rotatable bonds is 4. The zero-order valence-electron chi connectivity index (χ0n) is 18.5. The van der Waals surface area contributed by atoms with E-state index in [2.05, 4.69) is 21.2 Å². The van der Waals surface area contributed by atoms with E-state index >= 15 is 0 Å². The molecule has 1 atom stereocenters. The molecule has 0 spiro atoms. The summed E-state index contributed by atoms with van der Waals surface area (Å²) in [5.41, 5.74) is 2.77. The van der Waals surface area contributed by atoms with Crippen molar-refractivity contribution in [2.24, 2.45) is 5.92 Å². The number of likely N-dealkylation sites (tertiary alicyclic amines) is 1. The Bertz CT molecular complexity index is 903. The molecule has 0 saturated carbocycles. The van der Waals surface area contributed by atoms with Crippen LogP contribution < -0.4 is 10.2 Å². The Morgan fingerprint density at radius 3 is 2.44 bits per heavy atom. The molecule has 1 aromatic rings. The predicted molar refractivity (Wildman–Crippen MR) is 119 cm³/mol. The summed E-state index contributed by atoms with van der Waals surface area (Å²) < 4.78 is 0. The Morgan fingerprint density at radius 1 is 0.969 bits per heavy atom. The van der Waals surface area contributed by atoms with Crippen LogP contribution in [0.25, 0.3) is 0 Å². The number of fused-ring (bicyclic) bond motifs is 1. The monoisotopic (exact) mass is 440 g/mol. The molecule has 8 heteroatoms. The highest BCUT2D eigenvalue weighted by Crippen LogP contribution is 2.32. The fourth-order valence-electron chi connectivity index (χ4n) is 5.60. The Hall–Kier alpha value is -2.45. The molecule has 0 aliphatic carbocycles. The second-order valence-corrected chi connectivity index (χ2v) is 9.70. The number of hydrogen-bond acceptors (Lipinski definition) is 6. The minimum Gasteiger partial charge on any atom is -0.393 e. The first-order chi connectivity index (χ1) is 15.5. The number of aliphatic hydroxyl groups excluding tert-OH is 1. The summed E-state index contributed by atoms with van der Waals surface area (Å²) in [4.78, 5) is 43.1. The average molecular weight is 441 g/mol. The van der Waals surface area contributed by atoms with Gasteiger partial charge in [-0.15, -0.1) is 0 Å². The van der Waals surface area contributed by atoms with Crippen molar-refractivity contribution in [2.75, 3.05) is 37.6 Å². The lowest BCUT2D eigenvalue weighted by molar-refractivity contribution is -0.136. The van der Waals surface area contributed by atoms with Crippen molar-refractivity contribution in [3.8, 4) is 0 Å². The molecule has 3 saturated heterocycles. The lowest BCUT2D eigenvalue weighted by Gasteiger charge is -2.37. The van der Waals surface area contributed by atoms with Gasteiger partial charge in [0.1, 0.15) is 6.04 Å². The molecule has 1 unspecified atom stereocenters. The number of aliphatic hydroxyl groups is 1. The van der Waals surface area contributed by atoms with E-state index < -0.39 is 6.04 Å². The fourth-order valence-corrected chi connectivity index (χ4v) is 5.60. The van der Waals surface area contributed by atoms with E-state index in [-0.39, 0.29) is 30.2 Å². The number of piperidine rings is 3. The van der Waals surface area contributed by atoms with Crippen LogP contribution in [0.4, 0.5) is 5.69 Å². The normalized spacial score (nSPS) is 25.9. The van der Waals surface area contributed by atoms with Gasteiger partial charge in [0.15, 0.2) is 0 Å². The third-order valence-corrected chi connectivity index (χ3v) is 7.56. The van der Waals surface area contributed by atoms with Gasteiger partial charge >= 0.3 is 0 Å². The van der Waals surface area contributed by atoms with Gasteiger partial charge in [0.2, 0.25) is 11.8 Å². The minimum absolute atomic E-state index is 0.119. The molecule has 3 fully saturated rings. The zero-order chi connectivity index (χ0) is 22.2. The number of hydrogen-bond donors (Lipinski definition) is 2. The summed E-state index contributed by atoms with van der Waals surface area (Å²) in [5.74, 6) is -0.0567. The maximum absolute atomic E-state index is 12.9. The van der Waals surface area contributed by atoms with Crippen molar-refractivity contribution in [3.63, 3.8) is 0 Å². The quantitative estimate of drug-likeness (QED) is 0.682. The maximum Gasteiger partial charge on any atom is 0.255 e. The van der Waals surface area contributed by atoms with E-state index in [1.165, 1.54) is 0 Å². The highest BCUT2D eigenvalue weighted by Gasteiger charge is 2.39. The SMILES string of the molecule is O=C1CCC(N2Cc3cc(N4CCC(CN5CCC(O)CC5)CC4)ccc3C2=O)C(=O)N1. The number of nitrogens with one attached hydrogen (secondary N) is 1. The van der Waals surface area contributed by atoms with Crippen LogP contribution in [0.2, 0.25) is 0 Å². The van der Waals surface area contributed by atoms with Crippen LogP contribution in [0, 0.1) is 5.92 Å². The molecule has 32 heavy (non-hydrogen) atoms. The first-order valence-corrected chi connectivity index (χ1v) is 11.9. The van der Waals surface area contributed by atoms with Crippen molar-refractivity contribution < 1.29 is 19.5 Å². The van der Waals surface area contributed by atoms with Crippen molar-refractivity contribution in [1.29, 1.82) is 0 Å². The summed E-state index contributed by atoms with van der Waals surface area (Å²) in [6.07, 6.45) is 4.63. The number of nitrogens with zero attached hydrogens (tertiary/aromatic N) is 3. The molecule has 4 aliphatic rings. The number of carbonyl (C=O) groups excluding carboxylic acids is 3. The molecule has 0 bridgehead atoms. The van der Waals surface area contributed by atoms with E-state index in [1.54, 1.807) is 4.90 Å². The van der Waals surface area contributed by atoms with Gasteiger partial charge < -0.3 is 19.8 Å². The summed E-state index contributed by atoms with van der Waals surface area (Å²) >= 11 is 0. The van der Waals surface area contributed by atoms with Gasteiger partial charge in [0.25, 0.3) is 5.91 Å². The molecular formula is C24H32N4O4. The van der Waals surface area contributed by atoms with Crippen molar-refractivity contribution in [1.82, 2.24) is 15.1 Å². The second-order valence-electron chi connectivity index (χ2n) is 9.70. The number of carbonyl (C=O) groups is 3. The van der Waals surface area contributed by atoms with Crippen LogP contribution in [0.1, 0.15) is 54.4 Å². The van der Waals surface area contributed by atoms with Crippen molar-refractivity contribution in [3.05, 3.63) is 29.3 Å². The lowest BCUT2D eigenvalue weighted by Crippen LogP contribution is -2.52. The van der Waals surface area contributed by atoms with Crippen LogP contribution in [0.5, 0.6) is 0 Å². The fraction of sp³-hybridized carbons (Fsp3) is 0.625. The van der Waals surface area contributed by atoms with Gasteiger partial charge in [-0.2, -0.15) is 0 Å². The van der Waals surface area contributed by atoms with Crippen LogP contribution in [-0.4, -0.2) is 77.5 Å². The van der Waals surface area contributed by atoms with E-state index in [0.29, 0.717) is 24.4 Å². The smallest absolute Gasteiger partial charge is 0.255 e. The molecular weight excluding hydrogens is 408 g/mol. The molecule has 3 amide bonds. The molecule has 0 radical (unpaired) electrons. The Kier molecular flexibility index (Phi) is 5.90. The molecule has 172 valence electrons. The number of benzene rings is 1. The van der Waals surface area contributed by atoms with Gasteiger partial charge in [0.05, 0.1) is 6.10 Å². The van der Waals surface area contributed by atoms with Crippen molar-refractivity contribution >= 4 is 23.4 Å². The molecule has 2 N–H and O–H groups in total. The van der Waals surface area contributed by atoms with Gasteiger partial charge in [-0.25, -0.2) is 0 Å². The predicted octanol–water partition coefficient (Wildman–Crippen LogP) is 1.12. The molecule has 4 aliphatic heterocycles. The molecule has 0 aromatic heterocycles. The maximum atomic E-state index is 12.9. The standard InChI is InChI=1S/C24H32N4O4/c29-19-7-9-26(10-8-19)14-16-5-11-27(12-6-16)18-1-2-20-17(13-18)15-28(24(20)32)21-3-4-22(30)25-23(21)31/h1-2,13,16,19,21,29H,3-12,14-15H2,(H,25,30,31). The van der Waals surface area contributed by atoms with Crippen molar-refractivity contribution in [2.45, 2.75) is 57.2 Å². The Balaban J connectivity index is 1.19. The van der Waals surface area contributed by atoms with E-state index in [1.807, 2.05) is 12.1 Å². The molecule has 8 nitrogen and oxygen atoms in total. The van der Waals surface area contributed by atoms with Gasteiger partial charge in [-0.1, -0.05) is 0 Å². The number of imide groups is 1. The first kappa shape index (κ1) is 21.4. The molecule has 1 aromatic carbocycles. The molecule has 4 heterocycles. The Morgan fingerprint density at radius 2 is 1.72 bits per heavy atom. The summed E-state index contributed by atoms with van der Waals surface area (Å²) in [6.45, 7) is 5.56. The number of anilines is 1. The first-order valence-electron chi connectivity index (χ1n) is 11.9. The highest BCUT2D eigenvalue weighted by atomic mass is 16.3. The largest absolute Gasteiger partial charge is 0.393 e. The third kappa shape index (κ3) is 4.26. The summed E-state index contributed by atoms with van der Waals surface area (Å²) in [6, 6.07) is 5.45. The summed E-state index contributed by atoms with van der Waals surface area (Å²) in [7, 11) is 0. The number of amides is 3. The topological polar surface area (TPSA) is 93.2 Å². The summed E-state index contributed by atoms with van der Waals surface area (Å²) in [5, 5.41) is 12.1. The van der Waals surface area contributed by atoms with Gasteiger partial charge in [0, 0.05) is 56.9 Å². The van der Waals surface area contributed by atoms with Crippen LogP contribution >= 0.6 is 0 Å². The zero-order valence-corrected chi connectivity index (χ0v) is 18.5. The van der Waals surface area contributed by atoms with Crippen LogP contribution in [0.3, 0.4) is 0 Å². The minimum atomic E-state index is -0.567. The van der Waals surface area contributed by atoms with Gasteiger partial charge in [-0.3, -0.25) is 19.7 Å². The third-order valence-electron chi connectivity index (χ3n) is 7.56. The van der Waals surface area contributed by atoms with Crippen LogP contribution in [0.15, 0.2) is 18.2 Å². The lowest BCUT2D eigenvalue weighted by atomic mass is 9.94. The van der Waals surface area contributed by atoms with Gasteiger partial charge in [-0.05, 0) is 61.8 Å². The average Bonchev–Trinajstić information content (AvgIpc) is 3.11. The Labute approximate surface area is 188 Å². The van der Waals surface area contributed by atoms with Crippen LogP contribution in [-0.2, 0) is 16.1 Å².